The first-order chi connectivity index (χ1) is 8.56. The third-order valence-electron chi connectivity index (χ3n) is 2.42. The Morgan fingerprint density at radius 1 is 1.22 bits per heavy atom. The fourth-order valence-electron chi connectivity index (χ4n) is 1.46. The first-order valence-electron chi connectivity index (χ1n) is 5.66. The van der Waals surface area contributed by atoms with Crippen LogP contribution < -0.4 is 5.32 Å². The fourth-order valence-corrected chi connectivity index (χ4v) is 1.46. The van der Waals surface area contributed by atoms with E-state index in [9.17, 15) is 9.59 Å². The maximum Gasteiger partial charge on any atom is 0.338 e. The number of carbonyl (C=O) groups is 2. The summed E-state index contributed by atoms with van der Waals surface area (Å²) in [5, 5.41) is 2.76. The number of ether oxygens (including phenoxy) is 1. The van der Waals surface area contributed by atoms with Crippen molar-refractivity contribution >= 4 is 11.9 Å². The summed E-state index contributed by atoms with van der Waals surface area (Å²) >= 11 is 0. The number of rotatable bonds is 5. The molecule has 0 spiro atoms. The summed E-state index contributed by atoms with van der Waals surface area (Å²) in [5.41, 5.74) is 0.616. The largest absolute Gasteiger partial charge is 0.465 e. The Hall–Kier alpha value is -1.88. The molecule has 0 bridgehead atoms. The van der Waals surface area contributed by atoms with E-state index in [2.05, 4.69) is 10.1 Å². The Bertz CT molecular complexity index is 430. The summed E-state index contributed by atoms with van der Waals surface area (Å²) in [6, 6.07) is 6.60. The number of benzene rings is 1. The van der Waals surface area contributed by atoms with E-state index in [0.29, 0.717) is 12.1 Å². The molecule has 0 aliphatic heterocycles. The van der Waals surface area contributed by atoms with Gasteiger partial charge in [-0.2, -0.15) is 0 Å². The molecule has 0 saturated heterocycles. The highest BCUT2D eigenvalue weighted by molar-refractivity contribution is 6.05. The van der Waals surface area contributed by atoms with Crippen LogP contribution in [0.3, 0.4) is 0 Å². The normalized spacial score (nSPS) is 10.2. The third-order valence-corrected chi connectivity index (χ3v) is 2.42. The summed E-state index contributed by atoms with van der Waals surface area (Å²) in [4.78, 5) is 25.4. The maximum atomic E-state index is 11.9. The zero-order valence-electron chi connectivity index (χ0n) is 10.9. The van der Waals surface area contributed by atoms with Crippen molar-refractivity contribution in [3.63, 3.8) is 0 Å². The van der Waals surface area contributed by atoms with Gasteiger partial charge in [0.15, 0.2) is 0 Å². The highest BCUT2D eigenvalue weighted by Gasteiger charge is 2.16. The Kier molecular flexibility index (Phi) is 5.32. The molecule has 1 amide bonds. The molecule has 0 aliphatic carbocycles. The average Bonchev–Trinajstić information content (AvgIpc) is 2.37. The Balaban J connectivity index is 2.76. The number of likely N-dealkylation sites (N-methyl/N-ethyl adjacent to an activating group) is 1. The lowest BCUT2D eigenvalue weighted by atomic mass is 10.1. The second-order valence-electron chi connectivity index (χ2n) is 4.10. The molecular formula is C13H18N2O3. The fraction of sp³-hybridized carbons (Fsp3) is 0.385. The van der Waals surface area contributed by atoms with E-state index in [-0.39, 0.29) is 11.5 Å². The van der Waals surface area contributed by atoms with Gasteiger partial charge < -0.3 is 15.0 Å². The van der Waals surface area contributed by atoms with Gasteiger partial charge in [-0.25, -0.2) is 4.79 Å². The van der Waals surface area contributed by atoms with Crippen LogP contribution >= 0.6 is 0 Å². The van der Waals surface area contributed by atoms with E-state index in [0.717, 1.165) is 6.54 Å². The van der Waals surface area contributed by atoms with Crippen LogP contribution in [-0.4, -0.2) is 51.1 Å². The van der Waals surface area contributed by atoms with Crippen LogP contribution in [0.5, 0.6) is 0 Å². The molecule has 0 aliphatic rings. The molecule has 0 fully saturated rings. The molecular weight excluding hydrogens is 232 g/mol. The van der Waals surface area contributed by atoms with Gasteiger partial charge in [0, 0.05) is 13.1 Å². The number of carbonyl (C=O) groups excluding carboxylic acids is 2. The van der Waals surface area contributed by atoms with E-state index < -0.39 is 5.97 Å². The molecule has 1 aromatic carbocycles. The summed E-state index contributed by atoms with van der Waals surface area (Å²) < 4.78 is 4.64. The van der Waals surface area contributed by atoms with Crippen molar-refractivity contribution in [3.05, 3.63) is 35.4 Å². The minimum absolute atomic E-state index is 0.266. The van der Waals surface area contributed by atoms with Crippen molar-refractivity contribution in [2.75, 3.05) is 34.3 Å². The van der Waals surface area contributed by atoms with E-state index in [1.54, 1.807) is 24.3 Å². The molecule has 0 aromatic heterocycles. The molecule has 0 unspecified atom stereocenters. The van der Waals surface area contributed by atoms with E-state index in [1.807, 2.05) is 19.0 Å². The molecule has 0 radical (unpaired) electrons. The monoisotopic (exact) mass is 250 g/mol. The van der Waals surface area contributed by atoms with Crippen molar-refractivity contribution in [2.45, 2.75) is 0 Å². The van der Waals surface area contributed by atoms with Crippen molar-refractivity contribution in [1.29, 1.82) is 0 Å². The average molecular weight is 250 g/mol. The molecule has 5 nitrogen and oxygen atoms in total. The molecule has 1 rings (SSSR count). The van der Waals surface area contributed by atoms with Gasteiger partial charge in [0.25, 0.3) is 5.91 Å². The Morgan fingerprint density at radius 3 is 2.39 bits per heavy atom. The van der Waals surface area contributed by atoms with Crippen LogP contribution in [0, 0.1) is 0 Å². The number of nitrogens with one attached hydrogen (secondary N) is 1. The van der Waals surface area contributed by atoms with Gasteiger partial charge in [-0.15, -0.1) is 0 Å². The van der Waals surface area contributed by atoms with Crippen LogP contribution in [-0.2, 0) is 4.74 Å². The van der Waals surface area contributed by atoms with Crippen LogP contribution in [0.15, 0.2) is 24.3 Å². The van der Waals surface area contributed by atoms with Gasteiger partial charge in [-0.05, 0) is 26.2 Å². The molecule has 0 atom stereocenters. The minimum Gasteiger partial charge on any atom is -0.465 e. The number of amides is 1. The molecule has 18 heavy (non-hydrogen) atoms. The zero-order valence-corrected chi connectivity index (χ0v) is 10.9. The molecule has 0 heterocycles. The van der Waals surface area contributed by atoms with E-state index in [4.69, 9.17) is 0 Å². The first kappa shape index (κ1) is 14.2. The van der Waals surface area contributed by atoms with Crippen LogP contribution in [0.4, 0.5) is 0 Å². The zero-order chi connectivity index (χ0) is 13.5. The third kappa shape index (κ3) is 3.85. The summed E-state index contributed by atoms with van der Waals surface area (Å²) in [6.07, 6.45) is 0. The molecule has 0 saturated carbocycles. The van der Waals surface area contributed by atoms with Gasteiger partial charge in [-0.1, -0.05) is 12.1 Å². The molecule has 5 heteroatoms. The van der Waals surface area contributed by atoms with E-state index >= 15 is 0 Å². The SMILES string of the molecule is COC(=O)c1ccccc1C(=O)NCCN(C)C. The van der Waals surface area contributed by atoms with Gasteiger partial charge in [0.2, 0.25) is 0 Å². The first-order valence-corrected chi connectivity index (χ1v) is 5.66. The highest BCUT2D eigenvalue weighted by Crippen LogP contribution is 2.09. The number of nitrogens with zero attached hydrogens (tertiary/aromatic N) is 1. The number of esters is 1. The lowest BCUT2D eigenvalue weighted by Gasteiger charge is -2.11. The predicted octanol–water partition coefficient (Wildman–Crippen LogP) is 0.765. The number of hydrogen-bond donors (Lipinski definition) is 1. The second kappa shape index (κ2) is 6.76. The minimum atomic E-state index is -0.506. The van der Waals surface area contributed by atoms with Crippen molar-refractivity contribution in [1.82, 2.24) is 10.2 Å². The van der Waals surface area contributed by atoms with Gasteiger partial charge >= 0.3 is 5.97 Å². The second-order valence-corrected chi connectivity index (χ2v) is 4.10. The summed E-state index contributed by atoms with van der Waals surface area (Å²) in [6.45, 7) is 1.27. The lowest BCUT2D eigenvalue weighted by molar-refractivity contribution is 0.0596. The maximum absolute atomic E-state index is 11.9. The Labute approximate surface area is 107 Å². The topological polar surface area (TPSA) is 58.6 Å². The quantitative estimate of drug-likeness (QED) is 0.784. The van der Waals surface area contributed by atoms with Gasteiger partial charge in [0.05, 0.1) is 18.2 Å². The van der Waals surface area contributed by atoms with Crippen LogP contribution in [0.1, 0.15) is 20.7 Å². The van der Waals surface area contributed by atoms with Crippen molar-refractivity contribution in [2.24, 2.45) is 0 Å². The molecule has 1 aromatic rings. The molecule has 1 N–H and O–H groups in total. The van der Waals surface area contributed by atoms with E-state index in [1.165, 1.54) is 7.11 Å². The van der Waals surface area contributed by atoms with Gasteiger partial charge in [0.1, 0.15) is 0 Å². The number of methoxy groups -OCH3 is 1. The van der Waals surface area contributed by atoms with Crippen molar-refractivity contribution < 1.29 is 14.3 Å². The molecule has 98 valence electrons. The highest BCUT2D eigenvalue weighted by atomic mass is 16.5. The van der Waals surface area contributed by atoms with Crippen LogP contribution in [0.2, 0.25) is 0 Å². The summed E-state index contributed by atoms with van der Waals surface area (Å²) in [5.74, 6) is -0.772. The predicted molar refractivity (Wildman–Crippen MR) is 68.7 cm³/mol. The van der Waals surface area contributed by atoms with Gasteiger partial charge in [-0.3, -0.25) is 4.79 Å². The lowest BCUT2D eigenvalue weighted by Crippen LogP contribution is -2.32. The summed E-state index contributed by atoms with van der Waals surface area (Å²) in [7, 11) is 5.15. The number of hydrogen-bond acceptors (Lipinski definition) is 4. The standard InChI is InChI=1S/C13H18N2O3/c1-15(2)9-8-14-12(16)10-6-4-5-7-11(10)13(17)18-3/h4-7H,8-9H2,1-3H3,(H,14,16). The van der Waals surface area contributed by atoms with Crippen molar-refractivity contribution in [3.8, 4) is 0 Å². The van der Waals surface area contributed by atoms with Crippen LogP contribution in [0.25, 0.3) is 0 Å². The Morgan fingerprint density at radius 2 is 1.83 bits per heavy atom. The smallest absolute Gasteiger partial charge is 0.338 e.